The summed E-state index contributed by atoms with van der Waals surface area (Å²) >= 11 is 0. The molecule has 0 aliphatic rings. The highest BCUT2D eigenvalue weighted by molar-refractivity contribution is 7.92. The van der Waals surface area contributed by atoms with E-state index >= 15 is 0 Å². The Morgan fingerprint density at radius 2 is 1.53 bits per heavy atom. The molecule has 0 spiro atoms. The molecule has 0 aliphatic heterocycles. The van der Waals surface area contributed by atoms with E-state index in [2.05, 4.69) is 38.2 Å². The van der Waals surface area contributed by atoms with Crippen molar-refractivity contribution >= 4 is 21.6 Å². The van der Waals surface area contributed by atoms with Crippen molar-refractivity contribution in [1.82, 2.24) is 5.32 Å². The van der Waals surface area contributed by atoms with E-state index in [1.165, 1.54) is 9.87 Å². The fraction of sp³-hybridized carbons (Fsp3) is 0.458. The van der Waals surface area contributed by atoms with Crippen molar-refractivity contribution in [1.29, 1.82) is 0 Å². The molecule has 2 atom stereocenters. The monoisotopic (exact) mass is 430 g/mol. The second-order valence-corrected chi connectivity index (χ2v) is 10.7. The highest BCUT2D eigenvalue weighted by Crippen LogP contribution is 2.25. The summed E-state index contributed by atoms with van der Waals surface area (Å²) in [5.41, 5.74) is 3.85. The van der Waals surface area contributed by atoms with Gasteiger partial charge in [0.2, 0.25) is 15.9 Å². The number of carbonyl (C=O) groups excluding carboxylic acids is 1. The first-order valence-electron chi connectivity index (χ1n) is 10.3. The van der Waals surface area contributed by atoms with Gasteiger partial charge in [-0.05, 0) is 54.5 Å². The number of nitrogens with zero attached hydrogens (tertiary/aromatic N) is 1. The molecule has 30 heavy (non-hydrogen) atoms. The first kappa shape index (κ1) is 23.9. The lowest BCUT2D eigenvalue weighted by Gasteiger charge is -2.29. The quantitative estimate of drug-likeness (QED) is 0.699. The van der Waals surface area contributed by atoms with Crippen molar-refractivity contribution in [2.75, 3.05) is 10.6 Å². The number of anilines is 1. The predicted molar refractivity (Wildman–Crippen MR) is 124 cm³/mol. The van der Waals surface area contributed by atoms with Gasteiger partial charge in [-0.3, -0.25) is 9.10 Å². The van der Waals surface area contributed by atoms with Gasteiger partial charge in [-0.15, -0.1) is 0 Å². The van der Waals surface area contributed by atoms with Crippen molar-refractivity contribution in [3.63, 3.8) is 0 Å². The third-order valence-corrected chi connectivity index (χ3v) is 6.56. The Kier molecular flexibility index (Phi) is 7.35. The molecule has 0 radical (unpaired) electrons. The Bertz CT molecular complexity index is 959. The van der Waals surface area contributed by atoms with Gasteiger partial charge in [-0.2, -0.15) is 0 Å². The Hall–Kier alpha value is -2.34. The molecule has 0 saturated heterocycles. The summed E-state index contributed by atoms with van der Waals surface area (Å²) in [6.45, 7) is 12.0. The largest absolute Gasteiger partial charge is 0.348 e. The summed E-state index contributed by atoms with van der Waals surface area (Å²) in [6.07, 6.45) is 1.99. The fourth-order valence-electron chi connectivity index (χ4n) is 3.38. The first-order chi connectivity index (χ1) is 13.8. The van der Waals surface area contributed by atoms with Crippen molar-refractivity contribution in [3.8, 4) is 0 Å². The number of nitrogens with one attached hydrogen (secondary N) is 1. The van der Waals surface area contributed by atoms with Gasteiger partial charge in [-0.1, -0.05) is 64.1 Å². The van der Waals surface area contributed by atoms with Crippen LogP contribution >= 0.6 is 0 Å². The summed E-state index contributed by atoms with van der Waals surface area (Å²) in [6, 6.07) is 14.3. The number of benzene rings is 2. The summed E-state index contributed by atoms with van der Waals surface area (Å²) in [4.78, 5) is 12.9. The third kappa shape index (κ3) is 5.85. The number of aryl methyl sites for hydroxylation is 1. The minimum Gasteiger partial charge on any atom is -0.348 e. The fourth-order valence-corrected chi connectivity index (χ4v) is 4.55. The van der Waals surface area contributed by atoms with Crippen LogP contribution in [-0.2, 0) is 26.7 Å². The predicted octanol–water partition coefficient (Wildman–Crippen LogP) is 4.58. The van der Waals surface area contributed by atoms with Crippen LogP contribution in [0, 0.1) is 0 Å². The lowest BCUT2D eigenvalue weighted by atomic mass is 9.86. The van der Waals surface area contributed by atoms with Gasteiger partial charge in [0, 0.05) is 0 Å². The Morgan fingerprint density at radius 3 is 1.97 bits per heavy atom. The zero-order valence-electron chi connectivity index (χ0n) is 19.1. The number of rotatable bonds is 7. The molecule has 1 N–H and O–H groups in total. The van der Waals surface area contributed by atoms with Gasteiger partial charge in [0.05, 0.1) is 18.0 Å². The van der Waals surface area contributed by atoms with Gasteiger partial charge in [-0.25, -0.2) is 8.42 Å². The van der Waals surface area contributed by atoms with E-state index in [1.807, 2.05) is 38.1 Å². The van der Waals surface area contributed by atoms with E-state index in [-0.39, 0.29) is 17.4 Å². The SMILES string of the molecule is CCc1ccc(N([C@H](C)C(=O)N[C@H](C)c2ccc(C(C)(C)C)cc2)S(C)(=O)=O)cc1. The Balaban J connectivity index is 2.20. The van der Waals surface area contributed by atoms with Crippen molar-refractivity contribution < 1.29 is 13.2 Å². The molecule has 2 rings (SSSR count). The minimum atomic E-state index is -3.63. The highest BCUT2D eigenvalue weighted by atomic mass is 32.2. The molecular weight excluding hydrogens is 396 g/mol. The topological polar surface area (TPSA) is 66.5 Å². The molecule has 0 aromatic heterocycles. The molecule has 6 heteroatoms. The summed E-state index contributed by atoms with van der Waals surface area (Å²) in [7, 11) is -3.63. The van der Waals surface area contributed by atoms with Crippen LogP contribution in [0.3, 0.4) is 0 Å². The van der Waals surface area contributed by atoms with Crippen LogP contribution < -0.4 is 9.62 Å². The molecule has 2 aromatic carbocycles. The van der Waals surface area contributed by atoms with E-state index < -0.39 is 16.1 Å². The van der Waals surface area contributed by atoms with Crippen LogP contribution in [0.1, 0.15) is 64.3 Å². The molecule has 2 aromatic rings. The third-order valence-electron chi connectivity index (χ3n) is 5.32. The van der Waals surface area contributed by atoms with Gasteiger partial charge in [0.25, 0.3) is 0 Å². The van der Waals surface area contributed by atoms with Crippen LogP contribution in [0.2, 0.25) is 0 Å². The molecular formula is C24H34N2O3S. The van der Waals surface area contributed by atoms with Crippen molar-refractivity contribution in [2.45, 2.75) is 65.5 Å². The average Bonchev–Trinajstić information content (AvgIpc) is 2.66. The summed E-state index contributed by atoms with van der Waals surface area (Å²) < 4.78 is 26.1. The molecule has 0 bridgehead atoms. The van der Waals surface area contributed by atoms with E-state index in [4.69, 9.17) is 0 Å². The Morgan fingerprint density at radius 1 is 1.00 bits per heavy atom. The van der Waals surface area contributed by atoms with Crippen LogP contribution in [-0.4, -0.2) is 26.6 Å². The van der Waals surface area contributed by atoms with Gasteiger partial charge >= 0.3 is 0 Å². The zero-order valence-corrected chi connectivity index (χ0v) is 19.9. The van der Waals surface area contributed by atoms with E-state index in [9.17, 15) is 13.2 Å². The highest BCUT2D eigenvalue weighted by Gasteiger charge is 2.30. The molecule has 1 amide bonds. The van der Waals surface area contributed by atoms with Crippen LogP contribution in [0.5, 0.6) is 0 Å². The molecule has 164 valence electrons. The van der Waals surface area contributed by atoms with E-state index in [1.54, 1.807) is 19.1 Å². The molecule has 0 saturated carbocycles. The van der Waals surface area contributed by atoms with Crippen molar-refractivity contribution in [3.05, 3.63) is 65.2 Å². The maximum Gasteiger partial charge on any atom is 0.244 e. The maximum atomic E-state index is 12.9. The summed E-state index contributed by atoms with van der Waals surface area (Å²) in [5, 5.41) is 2.95. The van der Waals surface area contributed by atoms with Gasteiger partial charge in [0.1, 0.15) is 6.04 Å². The molecule has 5 nitrogen and oxygen atoms in total. The second-order valence-electron chi connectivity index (χ2n) is 8.86. The maximum absolute atomic E-state index is 12.9. The Labute approximate surface area is 181 Å². The standard InChI is InChI=1S/C24H34N2O3S/c1-8-19-9-15-22(16-10-19)26(30(7,28)29)18(3)23(27)25-17(2)20-11-13-21(14-12-20)24(4,5)6/h9-18H,8H2,1-7H3,(H,25,27)/t17-,18-/m1/s1. The molecule has 0 aliphatic carbocycles. The molecule has 0 unspecified atom stereocenters. The number of carbonyl (C=O) groups is 1. The number of hydrogen-bond donors (Lipinski definition) is 1. The van der Waals surface area contributed by atoms with Crippen LogP contribution in [0.25, 0.3) is 0 Å². The van der Waals surface area contributed by atoms with Gasteiger partial charge < -0.3 is 5.32 Å². The van der Waals surface area contributed by atoms with Crippen LogP contribution in [0.15, 0.2) is 48.5 Å². The lowest BCUT2D eigenvalue weighted by molar-refractivity contribution is -0.122. The number of amides is 1. The minimum absolute atomic E-state index is 0.0584. The van der Waals surface area contributed by atoms with Gasteiger partial charge in [0.15, 0.2) is 0 Å². The smallest absolute Gasteiger partial charge is 0.244 e. The molecule has 0 heterocycles. The van der Waals surface area contributed by atoms with E-state index in [0.29, 0.717) is 5.69 Å². The second kappa shape index (κ2) is 9.21. The van der Waals surface area contributed by atoms with E-state index in [0.717, 1.165) is 23.8 Å². The number of hydrogen-bond acceptors (Lipinski definition) is 3. The first-order valence-corrected chi connectivity index (χ1v) is 12.2. The van der Waals surface area contributed by atoms with Crippen LogP contribution in [0.4, 0.5) is 5.69 Å². The van der Waals surface area contributed by atoms with Crippen molar-refractivity contribution in [2.24, 2.45) is 0 Å². The zero-order chi connectivity index (χ0) is 22.7. The normalized spacial score (nSPS) is 14.1. The number of sulfonamides is 1. The average molecular weight is 431 g/mol. The summed E-state index contributed by atoms with van der Waals surface area (Å²) in [5.74, 6) is -0.340. The lowest BCUT2D eigenvalue weighted by Crippen LogP contribution is -2.48. The molecule has 0 fully saturated rings.